The zero-order valence-corrected chi connectivity index (χ0v) is 15.7. The Morgan fingerprint density at radius 3 is 2.14 bits per heavy atom. The van der Waals surface area contributed by atoms with Gasteiger partial charge in [-0.05, 0) is 30.3 Å². The number of benzene rings is 2. The molecule has 0 aliphatic heterocycles. The van der Waals surface area contributed by atoms with Gasteiger partial charge in [-0.2, -0.15) is 26.7 Å². The molecule has 0 radical (unpaired) electrons. The third-order valence-corrected chi connectivity index (χ3v) is 4.84. The van der Waals surface area contributed by atoms with Crippen LogP contribution in [0, 0.1) is 10.1 Å². The number of nitrogens with zero attached hydrogens (tertiary/aromatic N) is 2. The van der Waals surface area contributed by atoms with E-state index in [0.29, 0.717) is 12.1 Å². The maximum absolute atomic E-state index is 12.6. The van der Waals surface area contributed by atoms with Gasteiger partial charge in [0.15, 0.2) is 11.5 Å². The minimum atomic E-state index is -4.61. The Balaban J connectivity index is 2.29. The largest absolute Gasteiger partial charge is 0.493 e. The van der Waals surface area contributed by atoms with Crippen LogP contribution in [0.4, 0.5) is 18.9 Å². The van der Waals surface area contributed by atoms with Crippen molar-refractivity contribution in [2.75, 3.05) is 14.2 Å². The number of rotatable bonds is 7. The van der Waals surface area contributed by atoms with Crippen LogP contribution in [-0.4, -0.2) is 33.8 Å². The summed E-state index contributed by atoms with van der Waals surface area (Å²) in [5.74, 6) is 0.229. The van der Waals surface area contributed by atoms with Gasteiger partial charge in [0.05, 0.1) is 47.4 Å². The molecule has 0 saturated heterocycles. The minimum Gasteiger partial charge on any atom is -0.493 e. The Labute approximate surface area is 163 Å². The highest BCUT2D eigenvalue weighted by Crippen LogP contribution is 2.33. The highest BCUT2D eigenvalue weighted by atomic mass is 32.2. The van der Waals surface area contributed by atoms with Crippen molar-refractivity contribution in [3.05, 3.63) is 57.6 Å². The van der Waals surface area contributed by atoms with Gasteiger partial charge < -0.3 is 9.47 Å². The summed E-state index contributed by atoms with van der Waals surface area (Å²) in [7, 11) is -1.71. The molecule has 0 amide bonds. The van der Waals surface area contributed by atoms with Crippen LogP contribution in [0.3, 0.4) is 0 Å². The summed E-state index contributed by atoms with van der Waals surface area (Å²) in [4.78, 5) is 11.8. The van der Waals surface area contributed by atoms with E-state index in [1.165, 1.54) is 20.3 Å². The molecule has 0 fully saturated rings. The van der Waals surface area contributed by atoms with Crippen LogP contribution in [0.5, 0.6) is 11.5 Å². The van der Waals surface area contributed by atoms with Crippen LogP contribution in [0.15, 0.2) is 46.4 Å². The van der Waals surface area contributed by atoms with Gasteiger partial charge in [0.25, 0.3) is 15.7 Å². The van der Waals surface area contributed by atoms with Gasteiger partial charge in [-0.3, -0.25) is 10.1 Å². The molecule has 0 bridgehead atoms. The molecule has 0 aliphatic rings. The molecule has 0 aliphatic carbocycles. The number of nitrogens with one attached hydrogen (secondary N) is 1. The van der Waals surface area contributed by atoms with Gasteiger partial charge in [0, 0.05) is 0 Å². The first-order valence-corrected chi connectivity index (χ1v) is 9.10. The van der Waals surface area contributed by atoms with E-state index in [0.717, 1.165) is 24.4 Å². The first-order chi connectivity index (χ1) is 13.5. The molecule has 0 unspecified atom stereocenters. The first-order valence-electron chi connectivity index (χ1n) is 7.62. The van der Waals surface area contributed by atoms with E-state index in [1.807, 2.05) is 0 Å². The summed E-state index contributed by atoms with van der Waals surface area (Å²) in [5.41, 5.74) is -1.54. The third kappa shape index (κ3) is 5.13. The molecule has 29 heavy (non-hydrogen) atoms. The van der Waals surface area contributed by atoms with Gasteiger partial charge in [-0.1, -0.05) is 0 Å². The summed E-state index contributed by atoms with van der Waals surface area (Å²) >= 11 is 0. The second kappa shape index (κ2) is 8.34. The Kier molecular flexibility index (Phi) is 6.31. The predicted molar refractivity (Wildman–Crippen MR) is 95.6 cm³/mol. The van der Waals surface area contributed by atoms with Crippen LogP contribution in [0.1, 0.15) is 11.1 Å². The van der Waals surface area contributed by atoms with Crippen LogP contribution in [0.25, 0.3) is 0 Å². The summed E-state index contributed by atoms with van der Waals surface area (Å²) in [6, 6.07) is 5.03. The molecule has 1 N–H and O–H groups in total. The van der Waals surface area contributed by atoms with E-state index in [4.69, 9.17) is 9.47 Å². The third-order valence-electron chi connectivity index (χ3n) is 3.60. The molecule has 2 rings (SSSR count). The van der Waals surface area contributed by atoms with E-state index in [1.54, 1.807) is 4.83 Å². The van der Waals surface area contributed by atoms with E-state index in [9.17, 15) is 31.7 Å². The lowest BCUT2D eigenvalue weighted by Crippen LogP contribution is -2.18. The monoisotopic (exact) mass is 433 g/mol. The number of hydrazone groups is 1. The number of methoxy groups -OCH3 is 2. The fourth-order valence-corrected chi connectivity index (χ4v) is 2.98. The van der Waals surface area contributed by atoms with Crippen molar-refractivity contribution in [3.63, 3.8) is 0 Å². The number of nitro benzene ring substituents is 1. The van der Waals surface area contributed by atoms with E-state index < -0.39 is 37.3 Å². The van der Waals surface area contributed by atoms with Crippen LogP contribution >= 0.6 is 0 Å². The van der Waals surface area contributed by atoms with Crippen molar-refractivity contribution in [2.24, 2.45) is 5.10 Å². The molecule has 0 spiro atoms. The molecule has 2 aromatic carbocycles. The van der Waals surface area contributed by atoms with Crippen LogP contribution < -0.4 is 14.3 Å². The van der Waals surface area contributed by atoms with E-state index >= 15 is 0 Å². The average molecular weight is 433 g/mol. The molecule has 0 aromatic heterocycles. The number of ether oxygens (including phenoxy) is 2. The summed E-state index contributed by atoms with van der Waals surface area (Å²) in [6.45, 7) is 0. The van der Waals surface area contributed by atoms with Crippen molar-refractivity contribution in [1.82, 2.24) is 4.83 Å². The topological polar surface area (TPSA) is 120 Å². The molecule has 9 nitrogen and oxygen atoms in total. The summed E-state index contributed by atoms with van der Waals surface area (Å²) in [6.07, 6.45) is -3.75. The number of hydrogen-bond acceptors (Lipinski definition) is 7. The SMILES string of the molecule is COc1cc(C=NNS(=O)(=O)c2ccc(C(F)(F)F)cc2)c([N+](=O)[O-])cc1OC. The van der Waals surface area contributed by atoms with E-state index in [-0.39, 0.29) is 17.1 Å². The molecule has 156 valence electrons. The zero-order chi connectivity index (χ0) is 21.8. The molecule has 13 heteroatoms. The van der Waals surface area contributed by atoms with Crippen molar-refractivity contribution >= 4 is 21.9 Å². The van der Waals surface area contributed by atoms with Crippen LogP contribution in [0.2, 0.25) is 0 Å². The zero-order valence-electron chi connectivity index (χ0n) is 14.9. The molecule has 0 heterocycles. The number of nitro groups is 1. The maximum Gasteiger partial charge on any atom is 0.416 e. The number of alkyl halides is 3. The fraction of sp³-hybridized carbons (Fsp3) is 0.188. The lowest BCUT2D eigenvalue weighted by molar-refractivity contribution is -0.385. The first kappa shape index (κ1) is 21.9. The highest BCUT2D eigenvalue weighted by Gasteiger charge is 2.30. The van der Waals surface area contributed by atoms with Crippen molar-refractivity contribution in [3.8, 4) is 11.5 Å². The second-order valence-corrected chi connectivity index (χ2v) is 7.06. The van der Waals surface area contributed by atoms with Crippen molar-refractivity contribution < 1.29 is 36.0 Å². The van der Waals surface area contributed by atoms with E-state index in [2.05, 4.69) is 5.10 Å². The molecular formula is C16H14F3N3O6S. The lowest BCUT2D eigenvalue weighted by atomic mass is 10.1. The Hall–Kier alpha value is -3.35. The number of hydrogen-bond donors (Lipinski definition) is 1. The molecule has 0 atom stereocenters. The predicted octanol–water partition coefficient (Wildman–Crippen LogP) is 2.94. The minimum absolute atomic E-state index is 0.0849. The average Bonchev–Trinajstić information content (AvgIpc) is 2.66. The Morgan fingerprint density at radius 1 is 1.10 bits per heavy atom. The van der Waals surface area contributed by atoms with Gasteiger partial charge >= 0.3 is 6.18 Å². The normalized spacial score (nSPS) is 12.0. The lowest BCUT2D eigenvalue weighted by Gasteiger charge is -2.09. The van der Waals surface area contributed by atoms with Gasteiger partial charge in [0.1, 0.15) is 0 Å². The highest BCUT2D eigenvalue weighted by molar-refractivity contribution is 7.89. The smallest absolute Gasteiger partial charge is 0.416 e. The van der Waals surface area contributed by atoms with Crippen molar-refractivity contribution in [1.29, 1.82) is 0 Å². The summed E-state index contributed by atoms with van der Waals surface area (Å²) < 4.78 is 72.0. The van der Waals surface area contributed by atoms with Gasteiger partial charge in [-0.15, -0.1) is 0 Å². The fourth-order valence-electron chi connectivity index (χ4n) is 2.19. The molecule has 0 saturated carbocycles. The Morgan fingerprint density at radius 2 is 1.66 bits per heavy atom. The quantitative estimate of drug-likeness (QED) is 0.407. The van der Waals surface area contributed by atoms with Gasteiger partial charge in [-0.25, -0.2) is 4.83 Å². The molecular weight excluding hydrogens is 419 g/mol. The summed E-state index contributed by atoms with van der Waals surface area (Å²) in [5, 5.41) is 14.6. The standard InChI is InChI=1S/C16H14F3N3O6S/c1-27-14-7-10(13(22(23)24)8-15(14)28-2)9-20-21-29(25,26)12-5-3-11(4-6-12)16(17,18)19/h3-9,21H,1-2H3. The van der Waals surface area contributed by atoms with Crippen LogP contribution in [-0.2, 0) is 16.2 Å². The molecule has 2 aromatic rings. The maximum atomic E-state index is 12.6. The second-order valence-electron chi connectivity index (χ2n) is 5.40. The Bertz CT molecular complexity index is 1040. The number of halogens is 3. The van der Waals surface area contributed by atoms with Gasteiger partial charge in [0.2, 0.25) is 0 Å². The van der Waals surface area contributed by atoms with Crippen molar-refractivity contribution in [2.45, 2.75) is 11.1 Å². The number of sulfonamides is 1.